The summed E-state index contributed by atoms with van der Waals surface area (Å²) < 4.78 is 5.74. The predicted octanol–water partition coefficient (Wildman–Crippen LogP) is 6.38. The first kappa shape index (κ1) is 23.5. The van der Waals surface area contributed by atoms with Crippen LogP contribution in [0, 0.1) is 0 Å². The molecule has 0 atom stereocenters. The molecule has 2 aromatic carbocycles. The third-order valence-corrected chi connectivity index (χ3v) is 6.22. The van der Waals surface area contributed by atoms with Crippen LogP contribution >= 0.6 is 0 Å². The van der Waals surface area contributed by atoms with Crippen LogP contribution in [0.2, 0.25) is 0 Å². The van der Waals surface area contributed by atoms with E-state index in [-0.39, 0.29) is 28.1 Å². The number of phenolic OH excluding ortho intramolecular Hbond substituents is 2. The summed E-state index contributed by atoms with van der Waals surface area (Å²) in [6.45, 7) is 12.6. The van der Waals surface area contributed by atoms with Gasteiger partial charge in [0.25, 0.3) is 0 Å². The number of aromatic hydroxyl groups is 2. The number of phenols is 2. The van der Waals surface area contributed by atoms with Gasteiger partial charge in [0.15, 0.2) is 5.78 Å². The molecular formula is C26H34O4. The lowest BCUT2D eigenvalue weighted by Crippen LogP contribution is -2.22. The van der Waals surface area contributed by atoms with Crippen molar-refractivity contribution < 1.29 is 19.7 Å². The molecule has 0 aliphatic rings. The van der Waals surface area contributed by atoms with E-state index >= 15 is 0 Å². The monoisotopic (exact) mass is 410 g/mol. The Labute approximate surface area is 180 Å². The zero-order chi connectivity index (χ0) is 22.7. The first-order valence-corrected chi connectivity index (χ1v) is 10.4. The molecule has 2 N–H and O–H groups in total. The van der Waals surface area contributed by atoms with E-state index < -0.39 is 0 Å². The number of ketones is 1. The molecule has 0 aliphatic carbocycles. The number of benzene rings is 2. The number of allylic oxidation sites excluding steroid dienone is 1. The van der Waals surface area contributed by atoms with Crippen LogP contribution in [0.5, 0.6) is 17.2 Å². The largest absolute Gasteiger partial charge is 0.508 e. The van der Waals surface area contributed by atoms with Gasteiger partial charge in [-0.15, -0.1) is 0 Å². The molecule has 162 valence electrons. The van der Waals surface area contributed by atoms with Gasteiger partial charge >= 0.3 is 0 Å². The number of hydrogen-bond acceptors (Lipinski definition) is 4. The molecule has 30 heavy (non-hydrogen) atoms. The van der Waals surface area contributed by atoms with Crippen LogP contribution in [-0.4, -0.2) is 23.1 Å². The molecule has 0 saturated carbocycles. The molecule has 4 nitrogen and oxygen atoms in total. The van der Waals surface area contributed by atoms with Gasteiger partial charge in [0, 0.05) is 22.3 Å². The highest BCUT2D eigenvalue weighted by molar-refractivity contribution is 6.07. The highest BCUT2D eigenvalue weighted by Gasteiger charge is 2.33. The van der Waals surface area contributed by atoms with Gasteiger partial charge in [-0.2, -0.15) is 0 Å². The summed E-state index contributed by atoms with van der Waals surface area (Å²) in [5.74, 6) is 0.809. The van der Waals surface area contributed by atoms with E-state index in [1.54, 1.807) is 25.3 Å². The summed E-state index contributed by atoms with van der Waals surface area (Å²) in [6.07, 6.45) is 4.93. The smallest absolute Gasteiger partial charge is 0.185 e. The molecule has 0 aliphatic heterocycles. The lowest BCUT2D eigenvalue weighted by Gasteiger charge is -2.32. The van der Waals surface area contributed by atoms with Gasteiger partial charge in [-0.1, -0.05) is 41.5 Å². The first-order valence-electron chi connectivity index (χ1n) is 10.4. The fourth-order valence-corrected chi connectivity index (χ4v) is 3.42. The van der Waals surface area contributed by atoms with Gasteiger partial charge in [-0.05, 0) is 66.2 Å². The highest BCUT2D eigenvalue weighted by Crippen LogP contribution is 2.48. The molecule has 0 radical (unpaired) electrons. The molecule has 0 spiro atoms. The van der Waals surface area contributed by atoms with E-state index in [1.807, 2.05) is 6.07 Å². The fraction of sp³-hybridized carbons (Fsp3) is 0.423. The second kappa shape index (κ2) is 8.95. The number of carbonyl (C=O) groups excluding carboxylic acids is 1. The van der Waals surface area contributed by atoms with E-state index in [1.165, 1.54) is 18.2 Å². The quantitative estimate of drug-likeness (QED) is 0.391. The second-order valence-electron chi connectivity index (χ2n) is 8.99. The van der Waals surface area contributed by atoms with Gasteiger partial charge in [-0.25, -0.2) is 0 Å². The van der Waals surface area contributed by atoms with Gasteiger partial charge in [0.2, 0.25) is 0 Å². The van der Waals surface area contributed by atoms with Crippen molar-refractivity contribution in [3.8, 4) is 17.2 Å². The average molecular weight is 411 g/mol. The van der Waals surface area contributed by atoms with Crippen LogP contribution in [0.25, 0.3) is 6.08 Å². The Kier molecular flexibility index (Phi) is 7.02. The van der Waals surface area contributed by atoms with Crippen LogP contribution in [0.3, 0.4) is 0 Å². The number of methoxy groups -OCH3 is 1. The molecule has 0 unspecified atom stereocenters. The molecule has 0 bridgehead atoms. The molecular weight excluding hydrogens is 376 g/mol. The van der Waals surface area contributed by atoms with Gasteiger partial charge in [0.05, 0.1) is 7.11 Å². The van der Waals surface area contributed by atoms with Gasteiger partial charge < -0.3 is 14.9 Å². The second-order valence-corrected chi connectivity index (χ2v) is 8.99. The zero-order valence-corrected chi connectivity index (χ0v) is 19.2. The Hall–Kier alpha value is -2.75. The van der Waals surface area contributed by atoms with Crippen LogP contribution < -0.4 is 4.74 Å². The molecule has 2 rings (SSSR count). The Morgan fingerprint density at radius 3 is 2.07 bits per heavy atom. The van der Waals surface area contributed by atoms with Crippen LogP contribution in [0.4, 0.5) is 0 Å². The third kappa shape index (κ3) is 4.69. The standard InChI is InChI=1S/C26H34O4/c1-8-25(3,4)20-16-18(12-15-21(28)17-10-13-19(27)14-11-17)24(30-7)22(23(20)29)26(5,6)9-2/h10-16,27,29H,8-9H2,1-7H3. The van der Waals surface area contributed by atoms with Crippen LogP contribution in [0.1, 0.15) is 81.4 Å². The molecule has 0 aromatic heterocycles. The predicted molar refractivity (Wildman–Crippen MR) is 123 cm³/mol. The Morgan fingerprint density at radius 2 is 1.57 bits per heavy atom. The maximum atomic E-state index is 12.6. The van der Waals surface area contributed by atoms with Crippen molar-refractivity contribution in [2.45, 2.75) is 65.2 Å². The van der Waals surface area contributed by atoms with Crippen molar-refractivity contribution in [2.75, 3.05) is 7.11 Å². The van der Waals surface area contributed by atoms with Crippen LogP contribution in [0.15, 0.2) is 36.4 Å². The normalized spacial score (nSPS) is 12.4. The Balaban J connectivity index is 2.68. The topological polar surface area (TPSA) is 66.8 Å². The summed E-state index contributed by atoms with van der Waals surface area (Å²) in [6, 6.07) is 8.09. The van der Waals surface area contributed by atoms with Crippen LogP contribution in [-0.2, 0) is 10.8 Å². The summed E-state index contributed by atoms with van der Waals surface area (Å²) >= 11 is 0. The van der Waals surface area contributed by atoms with Crippen molar-refractivity contribution in [3.05, 3.63) is 58.7 Å². The zero-order valence-electron chi connectivity index (χ0n) is 19.2. The van der Waals surface area contributed by atoms with Gasteiger partial charge in [0.1, 0.15) is 17.2 Å². The third-order valence-electron chi connectivity index (χ3n) is 6.22. The number of ether oxygens (including phenoxy) is 1. The molecule has 0 fully saturated rings. The number of carbonyl (C=O) groups is 1. The molecule has 2 aromatic rings. The van der Waals surface area contributed by atoms with E-state index in [0.29, 0.717) is 11.3 Å². The van der Waals surface area contributed by atoms with Crippen molar-refractivity contribution in [3.63, 3.8) is 0 Å². The lowest BCUT2D eigenvalue weighted by atomic mass is 9.74. The van der Waals surface area contributed by atoms with Crippen molar-refractivity contribution in [2.24, 2.45) is 0 Å². The average Bonchev–Trinajstić information content (AvgIpc) is 2.72. The summed E-state index contributed by atoms with van der Waals surface area (Å²) in [4.78, 5) is 12.6. The van der Waals surface area contributed by atoms with E-state index in [9.17, 15) is 15.0 Å². The Bertz CT molecular complexity index is 934. The fourth-order valence-electron chi connectivity index (χ4n) is 3.42. The minimum absolute atomic E-state index is 0.119. The lowest BCUT2D eigenvalue weighted by molar-refractivity contribution is 0.104. The van der Waals surface area contributed by atoms with E-state index in [0.717, 1.165) is 29.5 Å². The van der Waals surface area contributed by atoms with E-state index in [4.69, 9.17) is 4.74 Å². The SMILES string of the molecule is CCC(C)(C)c1cc(C=CC(=O)c2ccc(O)cc2)c(OC)c(C(C)(C)CC)c1O. The van der Waals surface area contributed by atoms with Crippen molar-refractivity contribution in [1.82, 2.24) is 0 Å². The maximum Gasteiger partial charge on any atom is 0.185 e. The molecule has 0 heterocycles. The molecule has 0 amide bonds. The van der Waals surface area contributed by atoms with E-state index in [2.05, 4.69) is 41.5 Å². The highest BCUT2D eigenvalue weighted by atomic mass is 16.5. The number of rotatable bonds is 8. The number of hydrogen-bond donors (Lipinski definition) is 2. The summed E-state index contributed by atoms with van der Waals surface area (Å²) in [7, 11) is 1.59. The molecule has 4 heteroatoms. The maximum absolute atomic E-state index is 12.6. The summed E-state index contributed by atoms with van der Waals surface area (Å²) in [5.41, 5.74) is 2.32. The van der Waals surface area contributed by atoms with Crippen molar-refractivity contribution in [1.29, 1.82) is 0 Å². The molecule has 0 saturated heterocycles. The summed E-state index contributed by atoms with van der Waals surface area (Å²) in [5, 5.41) is 20.7. The Morgan fingerprint density at radius 1 is 1.00 bits per heavy atom. The minimum Gasteiger partial charge on any atom is -0.508 e. The van der Waals surface area contributed by atoms with Crippen molar-refractivity contribution >= 4 is 11.9 Å². The first-order chi connectivity index (χ1) is 14.0. The van der Waals surface area contributed by atoms with Gasteiger partial charge in [-0.3, -0.25) is 4.79 Å². The minimum atomic E-state index is -0.307.